The van der Waals surface area contributed by atoms with Crippen molar-refractivity contribution in [3.8, 4) is 0 Å². The van der Waals surface area contributed by atoms with Gasteiger partial charge in [0.05, 0.1) is 17.6 Å². The minimum atomic E-state index is -4.45. The topological polar surface area (TPSA) is 99.4 Å². The molecular weight excluding hydrogens is 282 g/mol. The molecule has 0 saturated carbocycles. The molecular formula is C12H11N3O4S. The predicted molar refractivity (Wildman–Crippen MR) is 75.5 cm³/mol. The van der Waals surface area contributed by atoms with Gasteiger partial charge in [-0.1, -0.05) is 18.2 Å². The Morgan fingerprint density at radius 3 is 2.50 bits per heavy atom. The van der Waals surface area contributed by atoms with Gasteiger partial charge in [0.2, 0.25) is 5.04 Å². The highest BCUT2D eigenvalue weighted by Crippen LogP contribution is 2.26. The summed E-state index contributed by atoms with van der Waals surface area (Å²) >= 11 is 0. The maximum absolute atomic E-state index is 11.3. The van der Waals surface area contributed by atoms with Crippen LogP contribution in [0.15, 0.2) is 64.2 Å². The second-order valence-corrected chi connectivity index (χ2v) is 5.35. The highest BCUT2D eigenvalue weighted by atomic mass is 32.2. The van der Waals surface area contributed by atoms with Gasteiger partial charge in [-0.05, 0) is 35.9 Å². The summed E-state index contributed by atoms with van der Waals surface area (Å²) in [6.07, 6.45) is 2.42. The number of hydrogen-bond acceptors (Lipinski definition) is 6. The van der Waals surface area contributed by atoms with Crippen LogP contribution >= 0.6 is 0 Å². The van der Waals surface area contributed by atoms with Gasteiger partial charge in [-0.25, -0.2) is 5.01 Å². The van der Waals surface area contributed by atoms with E-state index in [4.69, 9.17) is 4.55 Å². The molecule has 8 heteroatoms. The van der Waals surface area contributed by atoms with Crippen LogP contribution in [0.1, 0.15) is 6.92 Å². The number of para-hydroxylation sites is 1. The largest absolute Gasteiger partial charge is 0.314 e. The molecule has 0 fully saturated rings. The lowest BCUT2D eigenvalue weighted by Crippen LogP contribution is -2.27. The van der Waals surface area contributed by atoms with Gasteiger partial charge in [0.15, 0.2) is 0 Å². The molecule has 1 aromatic carbocycles. The van der Waals surface area contributed by atoms with Crippen LogP contribution in [0.5, 0.6) is 0 Å². The standard InChI is InChI=1S/C12H11N3O4S/c1-9-7-11(8-13-16)15(10-5-3-2-4-6-10)14-12(9)20(17,18)19/h2-8H,1H3,(H,17,18,19)/b11-8-. The monoisotopic (exact) mass is 293 g/mol. The second-order valence-electron chi connectivity index (χ2n) is 4.01. The van der Waals surface area contributed by atoms with Gasteiger partial charge in [0, 0.05) is 0 Å². The first-order valence-corrected chi connectivity index (χ1v) is 7.00. The number of benzene rings is 1. The number of nitroso groups, excluding NO2 is 1. The zero-order valence-corrected chi connectivity index (χ0v) is 11.3. The van der Waals surface area contributed by atoms with Crippen molar-refractivity contribution in [3.63, 3.8) is 0 Å². The fourth-order valence-electron chi connectivity index (χ4n) is 1.75. The van der Waals surface area contributed by atoms with Crippen LogP contribution < -0.4 is 5.01 Å². The van der Waals surface area contributed by atoms with Crippen LogP contribution in [-0.2, 0) is 10.1 Å². The van der Waals surface area contributed by atoms with E-state index in [1.165, 1.54) is 18.0 Å². The summed E-state index contributed by atoms with van der Waals surface area (Å²) in [5, 5.41) is 7.31. The first-order chi connectivity index (χ1) is 9.43. The molecule has 1 heterocycles. The average Bonchev–Trinajstić information content (AvgIpc) is 2.39. The second kappa shape index (κ2) is 5.35. The molecule has 1 aliphatic rings. The summed E-state index contributed by atoms with van der Waals surface area (Å²) in [4.78, 5) is 10.4. The van der Waals surface area contributed by atoms with E-state index in [-0.39, 0.29) is 5.57 Å². The first-order valence-electron chi connectivity index (χ1n) is 5.56. The predicted octanol–water partition coefficient (Wildman–Crippen LogP) is 2.26. The van der Waals surface area contributed by atoms with Crippen LogP contribution in [0, 0.1) is 4.91 Å². The van der Waals surface area contributed by atoms with E-state index >= 15 is 0 Å². The van der Waals surface area contributed by atoms with Gasteiger partial charge in [-0.2, -0.15) is 13.5 Å². The highest BCUT2D eigenvalue weighted by molar-refractivity contribution is 8.02. The smallest absolute Gasteiger partial charge is 0.281 e. The van der Waals surface area contributed by atoms with Crippen LogP contribution in [0.25, 0.3) is 0 Å². The van der Waals surface area contributed by atoms with Crippen molar-refractivity contribution in [3.05, 3.63) is 58.8 Å². The fraction of sp³-hybridized carbons (Fsp3) is 0.0833. The lowest BCUT2D eigenvalue weighted by molar-refractivity contribution is 0.498. The summed E-state index contributed by atoms with van der Waals surface area (Å²) in [6.45, 7) is 1.47. The van der Waals surface area contributed by atoms with E-state index in [2.05, 4.69) is 10.3 Å². The van der Waals surface area contributed by atoms with Gasteiger partial charge < -0.3 is 0 Å². The summed E-state index contributed by atoms with van der Waals surface area (Å²) in [5.74, 6) is 0. The lowest BCUT2D eigenvalue weighted by atomic mass is 10.2. The summed E-state index contributed by atoms with van der Waals surface area (Å²) in [7, 11) is -4.45. The zero-order chi connectivity index (χ0) is 14.8. The van der Waals surface area contributed by atoms with Crippen LogP contribution in [-0.4, -0.2) is 18.0 Å². The van der Waals surface area contributed by atoms with Crippen molar-refractivity contribution < 1.29 is 13.0 Å². The molecule has 0 bridgehead atoms. The Morgan fingerprint density at radius 1 is 1.30 bits per heavy atom. The maximum Gasteiger partial charge on any atom is 0.314 e. The molecule has 1 N–H and O–H groups in total. The number of allylic oxidation sites excluding steroid dienone is 1. The molecule has 2 rings (SSSR count). The van der Waals surface area contributed by atoms with Crippen molar-refractivity contribution >= 4 is 20.8 Å². The highest BCUT2D eigenvalue weighted by Gasteiger charge is 2.26. The van der Waals surface area contributed by atoms with Crippen molar-refractivity contribution in [2.75, 3.05) is 5.01 Å². The Kier molecular flexibility index (Phi) is 3.77. The fourth-order valence-corrected chi connectivity index (χ4v) is 2.40. The minimum absolute atomic E-state index is 0.217. The average molecular weight is 293 g/mol. The van der Waals surface area contributed by atoms with Crippen molar-refractivity contribution in [1.29, 1.82) is 0 Å². The molecule has 0 atom stereocenters. The Hall–Kier alpha value is -2.32. The Labute approximate surface area is 115 Å². The van der Waals surface area contributed by atoms with Crippen LogP contribution in [0.2, 0.25) is 0 Å². The number of hydrogen-bond donors (Lipinski definition) is 1. The summed E-state index contributed by atoms with van der Waals surface area (Å²) < 4.78 is 31.7. The molecule has 0 spiro atoms. The van der Waals surface area contributed by atoms with E-state index in [9.17, 15) is 13.3 Å². The number of hydrazone groups is 1. The normalized spacial score (nSPS) is 17.7. The number of rotatable bonds is 2. The molecule has 0 aromatic heterocycles. The minimum Gasteiger partial charge on any atom is -0.281 e. The summed E-state index contributed by atoms with van der Waals surface area (Å²) in [5.41, 5.74) is 1.05. The first kappa shape index (κ1) is 14.1. The van der Waals surface area contributed by atoms with Gasteiger partial charge >= 0.3 is 10.1 Å². The third-order valence-corrected chi connectivity index (χ3v) is 3.46. The van der Waals surface area contributed by atoms with Crippen LogP contribution in [0.3, 0.4) is 0 Å². The van der Waals surface area contributed by atoms with Gasteiger partial charge in [-0.15, -0.1) is 4.91 Å². The molecule has 7 nitrogen and oxygen atoms in total. The van der Waals surface area contributed by atoms with Gasteiger partial charge in [-0.3, -0.25) is 4.55 Å². The third kappa shape index (κ3) is 2.81. The van der Waals surface area contributed by atoms with Gasteiger partial charge in [0.25, 0.3) is 0 Å². The molecule has 1 aliphatic heterocycles. The summed E-state index contributed by atoms with van der Waals surface area (Å²) in [6, 6.07) is 8.60. The van der Waals surface area contributed by atoms with Crippen molar-refractivity contribution in [2.24, 2.45) is 10.3 Å². The quantitative estimate of drug-likeness (QED) is 0.666. The molecule has 1 aromatic rings. The van der Waals surface area contributed by atoms with E-state index in [0.717, 1.165) is 6.20 Å². The SMILES string of the molecule is CC1=C/C(=C/N=O)N(c2ccccc2)N=C1S(=O)(=O)O. The zero-order valence-electron chi connectivity index (χ0n) is 10.5. The van der Waals surface area contributed by atoms with Crippen LogP contribution in [0.4, 0.5) is 5.69 Å². The molecule has 0 aliphatic carbocycles. The Balaban J connectivity index is 2.60. The van der Waals surface area contributed by atoms with E-state index in [1.807, 2.05) is 0 Å². The van der Waals surface area contributed by atoms with E-state index < -0.39 is 15.2 Å². The molecule has 104 valence electrons. The van der Waals surface area contributed by atoms with E-state index in [0.29, 0.717) is 11.4 Å². The van der Waals surface area contributed by atoms with Gasteiger partial charge in [0.1, 0.15) is 0 Å². The van der Waals surface area contributed by atoms with Crippen molar-refractivity contribution in [2.45, 2.75) is 6.92 Å². The number of anilines is 1. The number of nitrogens with zero attached hydrogens (tertiary/aromatic N) is 3. The Bertz CT molecular complexity index is 720. The third-order valence-electron chi connectivity index (χ3n) is 2.57. The van der Waals surface area contributed by atoms with E-state index in [1.54, 1.807) is 30.3 Å². The molecule has 20 heavy (non-hydrogen) atoms. The Morgan fingerprint density at radius 2 is 1.95 bits per heavy atom. The molecule has 0 saturated heterocycles. The molecule has 0 amide bonds. The molecule has 0 unspecified atom stereocenters. The lowest BCUT2D eigenvalue weighted by Gasteiger charge is -2.24. The molecule has 0 radical (unpaired) electrons. The maximum atomic E-state index is 11.3. The van der Waals surface area contributed by atoms with Crippen molar-refractivity contribution in [1.82, 2.24) is 0 Å².